The van der Waals surface area contributed by atoms with Gasteiger partial charge in [0.2, 0.25) is 0 Å². The van der Waals surface area contributed by atoms with Gasteiger partial charge in [-0.2, -0.15) is 0 Å². The fourth-order valence-electron chi connectivity index (χ4n) is 3.10. The van der Waals surface area contributed by atoms with Gasteiger partial charge < -0.3 is 14.9 Å². The molecule has 4 aromatic rings. The van der Waals surface area contributed by atoms with Crippen molar-refractivity contribution in [3.8, 4) is 11.1 Å². The zero-order chi connectivity index (χ0) is 18.8. The van der Waals surface area contributed by atoms with Crippen molar-refractivity contribution in [3.63, 3.8) is 0 Å². The predicted molar refractivity (Wildman–Crippen MR) is 101 cm³/mol. The Balaban J connectivity index is 1.66. The van der Waals surface area contributed by atoms with Crippen LogP contribution in [0.3, 0.4) is 0 Å². The number of imidazole rings is 2. The number of nitrogens with zero attached hydrogens (tertiary/aromatic N) is 3. The van der Waals surface area contributed by atoms with Crippen molar-refractivity contribution >= 4 is 16.9 Å². The van der Waals surface area contributed by atoms with Crippen molar-refractivity contribution in [1.29, 1.82) is 0 Å². The average molecular weight is 363 g/mol. The molecule has 0 atom stereocenters. The van der Waals surface area contributed by atoms with Gasteiger partial charge in [-0.15, -0.1) is 0 Å². The van der Waals surface area contributed by atoms with Gasteiger partial charge in [-0.1, -0.05) is 12.1 Å². The fourth-order valence-corrected chi connectivity index (χ4v) is 3.10. The van der Waals surface area contributed by atoms with E-state index in [0.29, 0.717) is 18.5 Å². The number of rotatable bonds is 5. The zero-order valence-corrected chi connectivity index (χ0v) is 14.7. The molecule has 4 rings (SSSR count). The van der Waals surface area contributed by atoms with Crippen LogP contribution in [0, 0.1) is 5.82 Å². The van der Waals surface area contributed by atoms with Crippen LogP contribution in [0.15, 0.2) is 55.2 Å². The summed E-state index contributed by atoms with van der Waals surface area (Å²) >= 11 is 0. The molecule has 0 saturated heterocycles. The van der Waals surface area contributed by atoms with E-state index in [2.05, 4.69) is 20.3 Å². The Morgan fingerprint density at radius 2 is 2.04 bits per heavy atom. The minimum atomic E-state index is -0.297. The highest BCUT2D eigenvalue weighted by atomic mass is 19.1. The summed E-state index contributed by atoms with van der Waals surface area (Å²) < 4.78 is 15.1. The van der Waals surface area contributed by atoms with Gasteiger partial charge in [0.25, 0.3) is 5.91 Å². The second kappa shape index (κ2) is 7.03. The number of nitrogens with one attached hydrogen (secondary N) is 2. The maximum atomic E-state index is 13.2. The van der Waals surface area contributed by atoms with E-state index >= 15 is 0 Å². The number of aromatic nitrogens is 4. The molecule has 1 amide bonds. The Morgan fingerprint density at radius 1 is 1.22 bits per heavy atom. The van der Waals surface area contributed by atoms with Crippen LogP contribution in [0.2, 0.25) is 0 Å². The summed E-state index contributed by atoms with van der Waals surface area (Å²) in [4.78, 5) is 24.2. The van der Waals surface area contributed by atoms with E-state index in [1.165, 1.54) is 12.1 Å². The number of aryl methyl sites for hydroxylation is 1. The number of carbonyl (C=O) groups excluding carboxylic acids is 1. The summed E-state index contributed by atoms with van der Waals surface area (Å²) in [5, 5.41) is 2.95. The first kappa shape index (κ1) is 17.0. The van der Waals surface area contributed by atoms with E-state index in [9.17, 15) is 9.18 Å². The third-order valence-corrected chi connectivity index (χ3v) is 4.47. The maximum Gasteiger partial charge on any atom is 0.253 e. The minimum absolute atomic E-state index is 0.174. The highest BCUT2D eigenvalue weighted by Crippen LogP contribution is 2.27. The molecule has 0 bridgehead atoms. The van der Waals surface area contributed by atoms with Crippen LogP contribution in [0.4, 0.5) is 4.39 Å². The molecule has 7 heteroatoms. The number of benzene rings is 2. The molecular weight excluding hydrogens is 345 g/mol. The maximum absolute atomic E-state index is 13.2. The Morgan fingerprint density at radius 3 is 2.78 bits per heavy atom. The van der Waals surface area contributed by atoms with E-state index in [1.807, 2.05) is 23.7 Å². The van der Waals surface area contributed by atoms with Crippen molar-refractivity contribution in [2.24, 2.45) is 7.05 Å². The number of hydrogen-bond donors (Lipinski definition) is 2. The Labute approximate surface area is 155 Å². The van der Waals surface area contributed by atoms with Gasteiger partial charge in [-0.05, 0) is 35.4 Å². The number of aromatic amines is 1. The van der Waals surface area contributed by atoms with Crippen LogP contribution >= 0.6 is 0 Å². The van der Waals surface area contributed by atoms with Gasteiger partial charge >= 0.3 is 0 Å². The molecule has 0 aliphatic heterocycles. The molecule has 2 aromatic carbocycles. The van der Waals surface area contributed by atoms with Gasteiger partial charge in [0.1, 0.15) is 5.82 Å². The van der Waals surface area contributed by atoms with Crippen molar-refractivity contribution in [2.45, 2.75) is 6.42 Å². The summed E-state index contributed by atoms with van der Waals surface area (Å²) in [5.41, 5.74) is 4.63. The smallest absolute Gasteiger partial charge is 0.253 e. The number of hydrogen-bond acceptors (Lipinski definition) is 3. The van der Waals surface area contributed by atoms with Crippen molar-refractivity contribution in [3.05, 3.63) is 72.3 Å². The quantitative estimate of drug-likeness (QED) is 0.572. The van der Waals surface area contributed by atoms with Crippen LogP contribution in [-0.2, 0) is 13.5 Å². The molecule has 0 fully saturated rings. The van der Waals surface area contributed by atoms with Crippen molar-refractivity contribution in [2.75, 3.05) is 6.54 Å². The lowest BCUT2D eigenvalue weighted by atomic mass is 10.0. The molecular formula is C20H18FN5O. The van der Waals surface area contributed by atoms with Crippen molar-refractivity contribution in [1.82, 2.24) is 24.8 Å². The molecule has 0 unspecified atom stereocenters. The molecule has 6 nitrogen and oxygen atoms in total. The molecule has 2 N–H and O–H groups in total. The first-order chi connectivity index (χ1) is 13.1. The Hall–Kier alpha value is -3.48. The third-order valence-electron chi connectivity index (χ3n) is 4.47. The van der Waals surface area contributed by atoms with Crippen LogP contribution in [-0.4, -0.2) is 32.0 Å². The molecule has 0 radical (unpaired) electrons. The number of carbonyl (C=O) groups is 1. The van der Waals surface area contributed by atoms with E-state index < -0.39 is 0 Å². The second-order valence-electron chi connectivity index (χ2n) is 6.34. The highest BCUT2D eigenvalue weighted by Gasteiger charge is 2.16. The third kappa shape index (κ3) is 3.44. The predicted octanol–water partition coefficient (Wildman–Crippen LogP) is 3.08. The van der Waals surface area contributed by atoms with Gasteiger partial charge in [0.15, 0.2) is 0 Å². The summed E-state index contributed by atoms with van der Waals surface area (Å²) in [6.07, 6.45) is 5.70. The normalized spacial score (nSPS) is 11.0. The van der Waals surface area contributed by atoms with Gasteiger partial charge in [0, 0.05) is 31.9 Å². The molecule has 2 heterocycles. The van der Waals surface area contributed by atoms with Crippen LogP contribution in [0.25, 0.3) is 22.2 Å². The summed E-state index contributed by atoms with van der Waals surface area (Å²) in [6, 6.07) is 9.93. The SMILES string of the molecule is Cn1cnc2cc(-c3ccc(F)cc3)cc(C(=O)NCCc3cnc[nH]3)c21. The molecule has 0 saturated carbocycles. The van der Waals surface area contributed by atoms with E-state index in [0.717, 1.165) is 27.9 Å². The van der Waals surface area contributed by atoms with Gasteiger partial charge in [0.05, 0.1) is 29.3 Å². The first-order valence-corrected chi connectivity index (χ1v) is 8.58. The summed E-state index contributed by atoms with van der Waals surface area (Å²) in [7, 11) is 1.86. The first-order valence-electron chi connectivity index (χ1n) is 8.58. The number of H-pyrrole nitrogens is 1. The molecule has 0 aliphatic rings. The molecule has 2 aromatic heterocycles. The number of amides is 1. The molecule has 0 spiro atoms. The highest BCUT2D eigenvalue weighted by molar-refractivity contribution is 6.06. The Bertz CT molecular complexity index is 1080. The van der Waals surface area contributed by atoms with Crippen molar-refractivity contribution < 1.29 is 9.18 Å². The minimum Gasteiger partial charge on any atom is -0.352 e. The molecule has 0 aliphatic carbocycles. The number of fused-ring (bicyclic) bond motifs is 1. The number of halogens is 1. The van der Waals surface area contributed by atoms with E-state index in [4.69, 9.17) is 0 Å². The van der Waals surface area contributed by atoms with Crippen LogP contribution in [0.5, 0.6) is 0 Å². The van der Waals surface area contributed by atoms with Gasteiger partial charge in [-0.3, -0.25) is 4.79 Å². The standard InChI is InChI=1S/C20H18FN5O/c1-26-12-25-18-9-14(13-2-4-15(21)5-3-13)8-17(19(18)26)20(27)23-7-6-16-10-22-11-24-16/h2-5,8-12H,6-7H2,1H3,(H,22,24)(H,23,27). The van der Waals surface area contributed by atoms with Crippen LogP contribution < -0.4 is 5.32 Å². The lowest BCUT2D eigenvalue weighted by Crippen LogP contribution is -2.26. The summed E-state index contributed by atoms with van der Waals surface area (Å²) in [5.74, 6) is -0.471. The van der Waals surface area contributed by atoms with Crippen LogP contribution in [0.1, 0.15) is 16.1 Å². The largest absolute Gasteiger partial charge is 0.352 e. The van der Waals surface area contributed by atoms with Gasteiger partial charge in [-0.25, -0.2) is 14.4 Å². The lowest BCUT2D eigenvalue weighted by molar-refractivity contribution is 0.0955. The second-order valence-corrected chi connectivity index (χ2v) is 6.34. The molecule has 27 heavy (non-hydrogen) atoms. The Kier molecular flexibility index (Phi) is 4.42. The van der Waals surface area contributed by atoms with E-state index in [1.54, 1.807) is 31.0 Å². The topological polar surface area (TPSA) is 75.6 Å². The lowest BCUT2D eigenvalue weighted by Gasteiger charge is -2.10. The van der Waals surface area contributed by atoms with E-state index in [-0.39, 0.29) is 11.7 Å². The average Bonchev–Trinajstić information content (AvgIpc) is 3.32. The monoisotopic (exact) mass is 363 g/mol. The zero-order valence-electron chi connectivity index (χ0n) is 14.7. The summed E-state index contributed by atoms with van der Waals surface area (Å²) in [6.45, 7) is 0.487. The molecule has 136 valence electrons. The fraction of sp³-hybridized carbons (Fsp3) is 0.150.